The summed E-state index contributed by atoms with van der Waals surface area (Å²) in [6.45, 7) is 0. The van der Waals surface area contributed by atoms with Gasteiger partial charge in [-0.3, -0.25) is 4.79 Å². The molecule has 0 unspecified atom stereocenters. The van der Waals surface area contributed by atoms with Gasteiger partial charge in [-0.2, -0.15) is 0 Å². The molecule has 7 heteroatoms. The van der Waals surface area contributed by atoms with Crippen LogP contribution in [-0.4, -0.2) is 17.0 Å². The molecule has 0 saturated carbocycles. The van der Waals surface area contributed by atoms with E-state index in [-0.39, 0.29) is 16.8 Å². The predicted molar refractivity (Wildman–Crippen MR) is 96.1 cm³/mol. The number of carbonyl (C=O) groups excluding carboxylic acids is 1. The summed E-state index contributed by atoms with van der Waals surface area (Å²) in [4.78, 5) is 24.4. The highest BCUT2D eigenvalue weighted by Gasteiger charge is 2.21. The van der Waals surface area contributed by atoms with Gasteiger partial charge in [-0.1, -0.05) is 29.8 Å². The van der Waals surface area contributed by atoms with Gasteiger partial charge in [0.25, 0.3) is 5.91 Å². The summed E-state index contributed by atoms with van der Waals surface area (Å²) < 4.78 is 13.3. The van der Waals surface area contributed by atoms with E-state index >= 15 is 0 Å². The van der Waals surface area contributed by atoms with E-state index < -0.39 is 17.7 Å². The Bertz CT molecular complexity index is 970. The van der Waals surface area contributed by atoms with Crippen LogP contribution in [0.3, 0.4) is 0 Å². The van der Waals surface area contributed by atoms with Gasteiger partial charge < -0.3 is 10.4 Å². The summed E-state index contributed by atoms with van der Waals surface area (Å²) in [6, 6.07) is 12.0. The number of amides is 1. The summed E-state index contributed by atoms with van der Waals surface area (Å²) >= 11 is 7.14. The molecular formula is C18H11ClFNO3S. The van der Waals surface area contributed by atoms with Gasteiger partial charge in [0.2, 0.25) is 0 Å². The number of anilines is 1. The minimum Gasteiger partial charge on any atom is -0.478 e. The molecule has 4 nitrogen and oxygen atoms in total. The van der Waals surface area contributed by atoms with Gasteiger partial charge in [-0.25, -0.2) is 9.18 Å². The molecule has 0 fully saturated rings. The van der Waals surface area contributed by atoms with Crippen molar-refractivity contribution < 1.29 is 19.1 Å². The average molecular weight is 376 g/mol. The number of carboxylic acids is 1. The smallest absolute Gasteiger partial charge is 0.339 e. The van der Waals surface area contributed by atoms with E-state index in [0.717, 1.165) is 6.07 Å². The zero-order valence-corrected chi connectivity index (χ0v) is 14.2. The lowest BCUT2D eigenvalue weighted by molar-refractivity contribution is 0.0699. The van der Waals surface area contributed by atoms with E-state index in [1.54, 1.807) is 24.3 Å². The molecule has 1 amide bonds. The number of hydrogen-bond donors (Lipinski definition) is 2. The molecule has 0 saturated heterocycles. The number of hydrogen-bond acceptors (Lipinski definition) is 3. The minimum atomic E-state index is -1.18. The topological polar surface area (TPSA) is 66.4 Å². The molecule has 0 aliphatic heterocycles. The maximum atomic E-state index is 13.3. The predicted octanol–water partition coefficient (Wildman–Crippen LogP) is 5.16. The number of benzene rings is 2. The zero-order valence-electron chi connectivity index (χ0n) is 12.6. The molecule has 0 bridgehead atoms. The first kappa shape index (κ1) is 17.1. The fraction of sp³-hybridized carbons (Fsp3) is 0. The molecule has 1 aromatic heterocycles. The fourth-order valence-electron chi connectivity index (χ4n) is 2.33. The Morgan fingerprint density at radius 3 is 2.56 bits per heavy atom. The summed E-state index contributed by atoms with van der Waals surface area (Å²) in [5, 5.41) is 14.1. The second-order valence-electron chi connectivity index (χ2n) is 5.13. The molecular weight excluding hydrogens is 365 g/mol. The van der Waals surface area contributed by atoms with Crippen molar-refractivity contribution in [3.05, 3.63) is 75.9 Å². The normalized spacial score (nSPS) is 10.5. The fourth-order valence-corrected chi connectivity index (χ4v) is 3.51. The van der Waals surface area contributed by atoms with Crippen LogP contribution in [0.4, 0.5) is 10.1 Å². The van der Waals surface area contributed by atoms with Crippen LogP contribution in [0.2, 0.25) is 5.02 Å². The van der Waals surface area contributed by atoms with Crippen LogP contribution in [0.5, 0.6) is 0 Å². The molecule has 0 aliphatic carbocycles. The van der Waals surface area contributed by atoms with Crippen molar-refractivity contribution in [2.75, 3.05) is 5.32 Å². The van der Waals surface area contributed by atoms with Crippen LogP contribution in [0, 0.1) is 5.82 Å². The molecule has 1 heterocycles. The molecule has 0 radical (unpaired) electrons. The molecule has 0 aliphatic rings. The molecule has 0 atom stereocenters. The van der Waals surface area contributed by atoms with Crippen molar-refractivity contribution in [1.29, 1.82) is 0 Å². The molecule has 3 aromatic rings. The third-order valence-corrected chi connectivity index (χ3v) is 4.69. The lowest BCUT2D eigenvalue weighted by Crippen LogP contribution is -2.14. The number of thiophene rings is 1. The van der Waals surface area contributed by atoms with Crippen molar-refractivity contribution in [3.8, 4) is 10.4 Å². The standard InChI is InChI=1S/C18H11ClFNO3S/c19-12-5-1-3-10(7-12)16-15(18(23)24)14(9-25-16)21-17(22)11-4-2-6-13(20)8-11/h1-9H,(H,21,22)(H,23,24). The molecule has 25 heavy (non-hydrogen) atoms. The van der Waals surface area contributed by atoms with E-state index in [1.165, 1.54) is 34.9 Å². The summed E-state index contributed by atoms with van der Waals surface area (Å²) in [5.41, 5.74) is 0.867. The number of carbonyl (C=O) groups is 2. The number of halogens is 2. The van der Waals surface area contributed by atoms with Crippen LogP contribution in [0.15, 0.2) is 53.9 Å². The third-order valence-electron chi connectivity index (χ3n) is 3.43. The first-order chi connectivity index (χ1) is 12.0. The lowest BCUT2D eigenvalue weighted by atomic mass is 10.1. The van der Waals surface area contributed by atoms with Crippen molar-refractivity contribution in [2.24, 2.45) is 0 Å². The van der Waals surface area contributed by atoms with Crippen molar-refractivity contribution >= 4 is 40.5 Å². The van der Waals surface area contributed by atoms with Crippen LogP contribution in [0.25, 0.3) is 10.4 Å². The first-order valence-corrected chi connectivity index (χ1v) is 8.39. The molecule has 0 spiro atoms. The second-order valence-corrected chi connectivity index (χ2v) is 6.45. The highest BCUT2D eigenvalue weighted by Crippen LogP contribution is 2.37. The SMILES string of the molecule is O=C(Nc1csc(-c2cccc(Cl)c2)c1C(=O)O)c1cccc(F)c1. The molecule has 2 aromatic carbocycles. The summed E-state index contributed by atoms with van der Waals surface area (Å²) in [5.74, 6) is -2.31. The summed E-state index contributed by atoms with van der Waals surface area (Å²) in [7, 11) is 0. The van der Waals surface area contributed by atoms with E-state index in [4.69, 9.17) is 11.6 Å². The highest BCUT2D eigenvalue weighted by molar-refractivity contribution is 7.14. The summed E-state index contributed by atoms with van der Waals surface area (Å²) in [6.07, 6.45) is 0. The lowest BCUT2D eigenvalue weighted by Gasteiger charge is -2.06. The largest absolute Gasteiger partial charge is 0.478 e. The van der Waals surface area contributed by atoms with Gasteiger partial charge in [0.15, 0.2) is 0 Å². The number of aromatic carboxylic acids is 1. The Kier molecular flexibility index (Phi) is 4.83. The maximum Gasteiger partial charge on any atom is 0.339 e. The number of carboxylic acid groups (broad SMARTS) is 1. The molecule has 3 rings (SSSR count). The van der Waals surface area contributed by atoms with Crippen LogP contribution < -0.4 is 5.32 Å². The Hall–Kier alpha value is -2.70. The Labute approximate surface area is 151 Å². The van der Waals surface area contributed by atoms with Gasteiger partial charge in [0, 0.05) is 16.0 Å². The molecule has 126 valence electrons. The van der Waals surface area contributed by atoms with Crippen LogP contribution in [0.1, 0.15) is 20.7 Å². The van der Waals surface area contributed by atoms with E-state index in [9.17, 15) is 19.1 Å². The van der Waals surface area contributed by atoms with Crippen LogP contribution >= 0.6 is 22.9 Å². The van der Waals surface area contributed by atoms with Crippen LogP contribution in [-0.2, 0) is 0 Å². The Balaban J connectivity index is 1.97. The zero-order chi connectivity index (χ0) is 18.0. The van der Waals surface area contributed by atoms with E-state index in [2.05, 4.69) is 5.32 Å². The average Bonchev–Trinajstić information content (AvgIpc) is 2.98. The highest BCUT2D eigenvalue weighted by atomic mass is 35.5. The monoisotopic (exact) mass is 375 g/mol. The third kappa shape index (κ3) is 3.70. The second kappa shape index (κ2) is 7.04. The Morgan fingerprint density at radius 2 is 1.88 bits per heavy atom. The van der Waals surface area contributed by atoms with Crippen molar-refractivity contribution in [3.63, 3.8) is 0 Å². The first-order valence-electron chi connectivity index (χ1n) is 7.13. The Morgan fingerprint density at radius 1 is 1.12 bits per heavy atom. The van der Waals surface area contributed by atoms with Gasteiger partial charge in [0.05, 0.1) is 10.6 Å². The van der Waals surface area contributed by atoms with E-state index in [1.807, 2.05) is 0 Å². The maximum absolute atomic E-state index is 13.3. The van der Waals surface area contributed by atoms with Gasteiger partial charge >= 0.3 is 5.97 Å². The van der Waals surface area contributed by atoms with Gasteiger partial charge in [-0.15, -0.1) is 11.3 Å². The van der Waals surface area contributed by atoms with E-state index in [0.29, 0.717) is 15.5 Å². The quantitative estimate of drug-likeness (QED) is 0.662. The van der Waals surface area contributed by atoms with Gasteiger partial charge in [-0.05, 0) is 35.9 Å². The molecule has 2 N–H and O–H groups in total. The van der Waals surface area contributed by atoms with Gasteiger partial charge in [0.1, 0.15) is 11.4 Å². The minimum absolute atomic E-state index is 0.0305. The van der Waals surface area contributed by atoms with Crippen molar-refractivity contribution in [2.45, 2.75) is 0 Å². The number of nitrogens with one attached hydrogen (secondary N) is 1. The van der Waals surface area contributed by atoms with Crippen molar-refractivity contribution in [1.82, 2.24) is 0 Å². The number of rotatable bonds is 4.